The van der Waals surface area contributed by atoms with Crippen LogP contribution in [0.4, 0.5) is 5.69 Å². The lowest BCUT2D eigenvalue weighted by Gasteiger charge is -2.29. The van der Waals surface area contributed by atoms with Crippen molar-refractivity contribution in [3.63, 3.8) is 0 Å². The van der Waals surface area contributed by atoms with E-state index in [4.69, 9.17) is 9.47 Å². The van der Waals surface area contributed by atoms with E-state index in [1.165, 1.54) is 4.90 Å². The van der Waals surface area contributed by atoms with Gasteiger partial charge in [-0.2, -0.15) is 0 Å². The summed E-state index contributed by atoms with van der Waals surface area (Å²) in [5, 5.41) is 2.82. The average Bonchev–Trinajstić information content (AvgIpc) is 2.89. The van der Waals surface area contributed by atoms with Crippen molar-refractivity contribution in [3.8, 4) is 11.5 Å². The topological polar surface area (TPSA) is 97.8 Å². The number of benzene rings is 2. The largest absolute Gasteiger partial charge is 0.485 e. The van der Waals surface area contributed by atoms with Gasteiger partial charge in [0.15, 0.2) is 19.0 Å². The van der Waals surface area contributed by atoms with E-state index >= 15 is 0 Å². The first-order valence-electron chi connectivity index (χ1n) is 11.9. The van der Waals surface area contributed by atoms with Gasteiger partial charge in [-0.25, -0.2) is 0 Å². The Labute approximate surface area is 210 Å². The van der Waals surface area contributed by atoms with E-state index in [1.54, 1.807) is 24.4 Å². The zero-order valence-corrected chi connectivity index (χ0v) is 20.4. The Balaban J connectivity index is 1.39. The van der Waals surface area contributed by atoms with E-state index in [-0.39, 0.29) is 37.4 Å². The molecule has 0 unspecified atom stereocenters. The Morgan fingerprint density at radius 3 is 2.75 bits per heavy atom. The monoisotopic (exact) mass is 487 g/mol. The van der Waals surface area contributed by atoms with Gasteiger partial charge in [0, 0.05) is 30.4 Å². The second-order valence-electron chi connectivity index (χ2n) is 8.81. The van der Waals surface area contributed by atoms with Crippen molar-refractivity contribution in [1.82, 2.24) is 10.3 Å². The molecule has 0 fully saturated rings. The minimum Gasteiger partial charge on any atom is -0.485 e. The number of carbonyl (C=O) groups excluding carboxylic acids is 3. The van der Waals surface area contributed by atoms with Crippen LogP contribution in [0.15, 0.2) is 66.9 Å². The van der Waals surface area contributed by atoms with Crippen molar-refractivity contribution in [2.24, 2.45) is 0 Å². The van der Waals surface area contributed by atoms with Crippen LogP contribution in [0.2, 0.25) is 0 Å². The number of hydrogen-bond acceptors (Lipinski definition) is 6. The smallest absolute Gasteiger partial charge is 0.265 e. The fourth-order valence-corrected chi connectivity index (χ4v) is 3.82. The SMILES string of the molecule is CC(C)c1cccc(OCC(=O)c2ccc3c(c2)N(CC(=O)NCCc2ccccn2)C(=O)CO3)c1. The van der Waals surface area contributed by atoms with Crippen molar-refractivity contribution in [3.05, 3.63) is 83.7 Å². The third kappa shape index (κ3) is 6.27. The summed E-state index contributed by atoms with van der Waals surface area (Å²) < 4.78 is 11.2. The number of ketones is 1. The number of ether oxygens (including phenoxy) is 2. The molecular formula is C28H29N3O5. The van der Waals surface area contributed by atoms with Gasteiger partial charge < -0.3 is 14.8 Å². The molecule has 186 valence electrons. The molecule has 1 aliphatic heterocycles. The summed E-state index contributed by atoms with van der Waals surface area (Å²) in [5.74, 6) is 0.505. The number of Topliss-reactive ketones (excluding diaryl/α,β-unsaturated/α-hetero) is 1. The van der Waals surface area contributed by atoms with E-state index < -0.39 is 0 Å². The molecular weight excluding hydrogens is 458 g/mol. The van der Waals surface area contributed by atoms with Crippen LogP contribution in [0.25, 0.3) is 0 Å². The summed E-state index contributed by atoms with van der Waals surface area (Å²) in [6, 6.07) is 18.1. The van der Waals surface area contributed by atoms with Crippen LogP contribution in [0.3, 0.4) is 0 Å². The summed E-state index contributed by atoms with van der Waals surface area (Å²) in [6.45, 7) is 4.09. The second kappa shape index (κ2) is 11.5. The van der Waals surface area contributed by atoms with Crippen LogP contribution in [-0.4, -0.2) is 48.9 Å². The van der Waals surface area contributed by atoms with Gasteiger partial charge in [-0.05, 0) is 53.9 Å². The van der Waals surface area contributed by atoms with Gasteiger partial charge in [0.1, 0.15) is 18.0 Å². The number of anilines is 1. The fraction of sp³-hybridized carbons (Fsp3) is 0.286. The molecule has 36 heavy (non-hydrogen) atoms. The number of pyridine rings is 1. The number of aromatic nitrogens is 1. The molecule has 0 spiro atoms. The molecule has 0 radical (unpaired) electrons. The summed E-state index contributed by atoms with van der Waals surface area (Å²) in [4.78, 5) is 43.6. The highest BCUT2D eigenvalue weighted by Crippen LogP contribution is 2.33. The molecule has 2 heterocycles. The first kappa shape index (κ1) is 24.9. The third-order valence-corrected chi connectivity index (χ3v) is 5.85. The molecule has 1 N–H and O–H groups in total. The number of carbonyl (C=O) groups is 3. The molecule has 0 bridgehead atoms. The molecule has 1 aromatic heterocycles. The minimum absolute atomic E-state index is 0.150. The van der Waals surface area contributed by atoms with Gasteiger partial charge in [0.25, 0.3) is 5.91 Å². The molecule has 0 atom stereocenters. The molecule has 4 rings (SSSR count). The van der Waals surface area contributed by atoms with Crippen molar-refractivity contribution in [2.45, 2.75) is 26.2 Å². The predicted octanol–water partition coefficient (Wildman–Crippen LogP) is 3.55. The predicted molar refractivity (Wildman–Crippen MR) is 136 cm³/mol. The Morgan fingerprint density at radius 2 is 1.97 bits per heavy atom. The summed E-state index contributed by atoms with van der Waals surface area (Å²) >= 11 is 0. The lowest BCUT2D eigenvalue weighted by atomic mass is 10.0. The number of fused-ring (bicyclic) bond motifs is 1. The first-order valence-corrected chi connectivity index (χ1v) is 11.9. The minimum atomic E-state index is -0.353. The molecule has 1 aliphatic rings. The zero-order chi connectivity index (χ0) is 25.5. The van der Waals surface area contributed by atoms with Crippen LogP contribution in [0.1, 0.15) is 41.4 Å². The lowest BCUT2D eigenvalue weighted by molar-refractivity contribution is -0.125. The zero-order valence-electron chi connectivity index (χ0n) is 20.4. The Hall–Kier alpha value is -4.20. The molecule has 2 amide bonds. The highest BCUT2D eigenvalue weighted by molar-refractivity contribution is 6.04. The molecule has 8 heteroatoms. The number of rotatable bonds is 10. The van der Waals surface area contributed by atoms with E-state index in [0.717, 1.165) is 11.3 Å². The van der Waals surface area contributed by atoms with Gasteiger partial charge in [0.05, 0.1) is 5.69 Å². The molecule has 3 aromatic rings. The maximum absolute atomic E-state index is 12.9. The van der Waals surface area contributed by atoms with Crippen LogP contribution >= 0.6 is 0 Å². The number of nitrogens with one attached hydrogen (secondary N) is 1. The Kier molecular flexibility index (Phi) is 7.95. The van der Waals surface area contributed by atoms with Crippen LogP contribution in [0, 0.1) is 0 Å². The number of nitrogens with zero attached hydrogens (tertiary/aromatic N) is 2. The molecule has 2 aromatic carbocycles. The highest BCUT2D eigenvalue weighted by Gasteiger charge is 2.28. The van der Waals surface area contributed by atoms with Crippen LogP contribution in [0.5, 0.6) is 11.5 Å². The van der Waals surface area contributed by atoms with E-state index in [9.17, 15) is 14.4 Å². The normalized spacial score (nSPS) is 12.6. The number of hydrogen-bond donors (Lipinski definition) is 1. The lowest BCUT2D eigenvalue weighted by Crippen LogP contribution is -2.45. The molecule has 0 saturated heterocycles. The van der Waals surface area contributed by atoms with Gasteiger partial charge in [-0.3, -0.25) is 24.3 Å². The molecule has 0 aliphatic carbocycles. The highest BCUT2D eigenvalue weighted by atomic mass is 16.5. The van der Waals surface area contributed by atoms with Crippen molar-refractivity contribution in [1.29, 1.82) is 0 Å². The first-order chi connectivity index (χ1) is 17.4. The molecule has 0 saturated carbocycles. The van der Waals surface area contributed by atoms with Gasteiger partial charge in [-0.15, -0.1) is 0 Å². The van der Waals surface area contributed by atoms with Gasteiger partial charge in [0.2, 0.25) is 5.91 Å². The summed E-state index contributed by atoms with van der Waals surface area (Å²) in [6.07, 6.45) is 2.28. The van der Waals surface area contributed by atoms with Crippen LogP contribution < -0.4 is 19.7 Å². The third-order valence-electron chi connectivity index (χ3n) is 5.85. The fourth-order valence-electron chi connectivity index (χ4n) is 3.82. The van der Waals surface area contributed by atoms with Crippen LogP contribution in [-0.2, 0) is 16.0 Å². The maximum atomic E-state index is 12.9. The standard InChI is InChI=1S/C28H29N3O5/c1-19(2)20-6-5-8-23(14-20)35-17-25(32)21-9-10-26-24(15-21)31(28(34)18-36-26)16-27(33)30-13-11-22-7-3-4-12-29-22/h3-10,12,14-15,19H,11,13,16-18H2,1-2H3,(H,30,33). The maximum Gasteiger partial charge on any atom is 0.265 e. The average molecular weight is 488 g/mol. The van der Waals surface area contributed by atoms with E-state index in [2.05, 4.69) is 24.1 Å². The van der Waals surface area contributed by atoms with Crippen molar-refractivity contribution in [2.75, 3.05) is 31.2 Å². The summed E-state index contributed by atoms with van der Waals surface area (Å²) in [5.41, 5.74) is 2.75. The molecule has 8 nitrogen and oxygen atoms in total. The van der Waals surface area contributed by atoms with Gasteiger partial charge >= 0.3 is 0 Å². The number of amides is 2. The van der Waals surface area contributed by atoms with Crippen molar-refractivity contribution < 1.29 is 23.9 Å². The second-order valence-corrected chi connectivity index (χ2v) is 8.81. The van der Waals surface area contributed by atoms with E-state index in [0.29, 0.717) is 41.6 Å². The summed E-state index contributed by atoms with van der Waals surface area (Å²) in [7, 11) is 0. The van der Waals surface area contributed by atoms with Gasteiger partial charge in [-0.1, -0.05) is 32.0 Å². The quantitative estimate of drug-likeness (QED) is 0.439. The Bertz CT molecular complexity index is 1240. The Morgan fingerprint density at radius 1 is 1.11 bits per heavy atom. The van der Waals surface area contributed by atoms with E-state index in [1.807, 2.05) is 42.5 Å². The van der Waals surface area contributed by atoms with Crippen molar-refractivity contribution >= 4 is 23.3 Å².